The molecule has 0 aliphatic carbocycles. The number of pyridine rings is 1. The first-order valence-corrected chi connectivity index (χ1v) is 11.0. The third kappa shape index (κ3) is 3.81. The number of fused-ring (bicyclic) bond motifs is 2. The highest BCUT2D eigenvalue weighted by atomic mass is 35.5. The molecule has 33 heavy (non-hydrogen) atoms. The van der Waals surface area contributed by atoms with Gasteiger partial charge in [0.15, 0.2) is 0 Å². The van der Waals surface area contributed by atoms with Crippen molar-refractivity contribution in [3.8, 4) is 16.9 Å². The Balaban J connectivity index is 1.55. The monoisotopic (exact) mass is 455 g/mol. The van der Waals surface area contributed by atoms with Crippen LogP contribution in [0.15, 0.2) is 85.1 Å². The van der Waals surface area contributed by atoms with Crippen molar-refractivity contribution in [3.63, 3.8) is 0 Å². The van der Waals surface area contributed by atoms with Crippen LogP contribution in [-0.4, -0.2) is 25.0 Å². The standard InChI is InChI=1S/C27H22ClN3O2/c1-30-24-10-3-4-11-25(24)31(17-20-8-6-14-29-26(20)30)27(32)22-13-12-19(16-23(22)28)18-7-5-9-21(15-18)33-2/h3-16H,17H2,1-2H3. The molecule has 3 aromatic carbocycles. The Morgan fingerprint density at radius 2 is 1.73 bits per heavy atom. The van der Waals surface area contributed by atoms with Gasteiger partial charge in [0.2, 0.25) is 0 Å². The van der Waals surface area contributed by atoms with Gasteiger partial charge in [-0.3, -0.25) is 4.79 Å². The molecule has 1 amide bonds. The number of hydrogen-bond acceptors (Lipinski definition) is 4. The van der Waals surface area contributed by atoms with E-state index < -0.39 is 0 Å². The number of ether oxygens (including phenoxy) is 1. The summed E-state index contributed by atoms with van der Waals surface area (Å²) >= 11 is 6.66. The van der Waals surface area contributed by atoms with Crippen molar-refractivity contribution in [1.82, 2.24) is 4.98 Å². The molecule has 0 bridgehead atoms. The fraction of sp³-hybridized carbons (Fsp3) is 0.111. The Kier molecular flexibility index (Phi) is 5.48. The van der Waals surface area contributed by atoms with Crippen molar-refractivity contribution in [3.05, 3.63) is 101 Å². The van der Waals surface area contributed by atoms with Crippen LogP contribution < -0.4 is 14.5 Å². The first kappa shape index (κ1) is 21.0. The Morgan fingerprint density at radius 3 is 2.52 bits per heavy atom. The van der Waals surface area contributed by atoms with E-state index in [1.807, 2.05) is 84.7 Å². The van der Waals surface area contributed by atoms with E-state index in [0.717, 1.165) is 39.6 Å². The fourth-order valence-electron chi connectivity index (χ4n) is 4.20. The Bertz CT molecular complexity index is 1350. The maximum atomic E-state index is 13.8. The zero-order chi connectivity index (χ0) is 22.9. The number of carbonyl (C=O) groups is 1. The van der Waals surface area contributed by atoms with E-state index in [1.54, 1.807) is 24.3 Å². The zero-order valence-corrected chi connectivity index (χ0v) is 19.1. The molecule has 0 fully saturated rings. The van der Waals surface area contributed by atoms with Crippen LogP contribution >= 0.6 is 11.6 Å². The second-order valence-electron chi connectivity index (χ2n) is 7.85. The number of methoxy groups -OCH3 is 1. The lowest BCUT2D eigenvalue weighted by Gasteiger charge is -2.24. The van der Waals surface area contributed by atoms with Gasteiger partial charge in [-0.15, -0.1) is 0 Å². The van der Waals surface area contributed by atoms with Crippen LogP contribution in [0.25, 0.3) is 11.1 Å². The number of anilines is 3. The fourth-order valence-corrected chi connectivity index (χ4v) is 4.46. The van der Waals surface area contributed by atoms with Gasteiger partial charge in [-0.05, 0) is 53.6 Å². The number of aromatic nitrogens is 1. The summed E-state index contributed by atoms with van der Waals surface area (Å²) in [6, 6.07) is 25.0. The minimum atomic E-state index is -0.158. The van der Waals surface area contributed by atoms with E-state index >= 15 is 0 Å². The van der Waals surface area contributed by atoms with E-state index in [9.17, 15) is 4.79 Å². The molecule has 4 aromatic rings. The number of halogens is 1. The average molecular weight is 456 g/mol. The number of nitrogens with zero attached hydrogens (tertiary/aromatic N) is 3. The SMILES string of the molecule is COc1cccc(-c2ccc(C(=O)N3Cc4cccnc4N(C)c4ccccc43)c(Cl)c2)c1. The van der Waals surface area contributed by atoms with Gasteiger partial charge in [-0.25, -0.2) is 4.98 Å². The Morgan fingerprint density at radius 1 is 0.939 bits per heavy atom. The Labute approximate surface area is 197 Å². The topological polar surface area (TPSA) is 45.7 Å². The predicted octanol–water partition coefficient (Wildman–Crippen LogP) is 6.34. The van der Waals surface area contributed by atoms with Gasteiger partial charge in [0.05, 0.1) is 35.6 Å². The highest BCUT2D eigenvalue weighted by molar-refractivity contribution is 6.35. The summed E-state index contributed by atoms with van der Waals surface area (Å²) in [6.45, 7) is 0.400. The molecule has 5 rings (SSSR count). The second-order valence-corrected chi connectivity index (χ2v) is 8.26. The zero-order valence-electron chi connectivity index (χ0n) is 18.3. The van der Waals surface area contributed by atoms with Crippen molar-refractivity contribution in [2.24, 2.45) is 0 Å². The third-order valence-corrected chi connectivity index (χ3v) is 6.21. The van der Waals surface area contributed by atoms with E-state index in [4.69, 9.17) is 16.3 Å². The van der Waals surface area contributed by atoms with Crippen LogP contribution in [0.3, 0.4) is 0 Å². The number of rotatable bonds is 3. The lowest BCUT2D eigenvalue weighted by Crippen LogP contribution is -2.30. The van der Waals surface area contributed by atoms with E-state index in [1.165, 1.54) is 0 Å². The van der Waals surface area contributed by atoms with Crippen LogP contribution in [-0.2, 0) is 6.54 Å². The lowest BCUT2D eigenvalue weighted by atomic mass is 10.0. The van der Waals surface area contributed by atoms with Crippen LogP contribution in [0, 0.1) is 0 Å². The van der Waals surface area contributed by atoms with Crippen molar-refractivity contribution in [1.29, 1.82) is 0 Å². The lowest BCUT2D eigenvalue weighted by molar-refractivity contribution is 0.0985. The molecule has 0 atom stereocenters. The number of amides is 1. The van der Waals surface area contributed by atoms with Gasteiger partial charge in [-0.2, -0.15) is 0 Å². The summed E-state index contributed by atoms with van der Waals surface area (Å²) in [6.07, 6.45) is 1.77. The summed E-state index contributed by atoms with van der Waals surface area (Å²) in [7, 11) is 3.60. The summed E-state index contributed by atoms with van der Waals surface area (Å²) < 4.78 is 5.33. The van der Waals surface area contributed by atoms with E-state index in [-0.39, 0.29) is 5.91 Å². The third-order valence-electron chi connectivity index (χ3n) is 5.90. The normalized spacial score (nSPS) is 12.6. The average Bonchev–Trinajstić information content (AvgIpc) is 2.98. The molecule has 1 aliphatic rings. The Hall–Kier alpha value is -3.83. The maximum absolute atomic E-state index is 13.8. The van der Waals surface area contributed by atoms with Crippen LogP contribution in [0.1, 0.15) is 15.9 Å². The molecule has 1 aromatic heterocycles. The molecule has 5 nitrogen and oxygen atoms in total. The number of hydrogen-bond donors (Lipinski definition) is 0. The predicted molar refractivity (Wildman–Crippen MR) is 133 cm³/mol. The molecule has 0 unspecified atom stereocenters. The molecule has 0 saturated heterocycles. The molecule has 0 radical (unpaired) electrons. The molecule has 1 aliphatic heterocycles. The largest absolute Gasteiger partial charge is 0.497 e. The molecule has 0 saturated carbocycles. The minimum Gasteiger partial charge on any atom is -0.497 e. The molecular weight excluding hydrogens is 434 g/mol. The van der Waals surface area contributed by atoms with Crippen LogP contribution in [0.2, 0.25) is 5.02 Å². The van der Waals surface area contributed by atoms with Gasteiger partial charge in [0.1, 0.15) is 11.6 Å². The molecular formula is C27H22ClN3O2. The maximum Gasteiger partial charge on any atom is 0.260 e. The van der Waals surface area contributed by atoms with E-state index in [2.05, 4.69) is 4.98 Å². The molecule has 6 heteroatoms. The first-order valence-electron chi connectivity index (χ1n) is 10.6. The van der Waals surface area contributed by atoms with Crippen LogP contribution in [0.5, 0.6) is 5.75 Å². The van der Waals surface area contributed by atoms with E-state index in [0.29, 0.717) is 17.1 Å². The minimum absolute atomic E-state index is 0.158. The highest BCUT2D eigenvalue weighted by Gasteiger charge is 2.28. The first-order chi connectivity index (χ1) is 16.1. The number of benzene rings is 3. The van der Waals surface area contributed by atoms with Crippen molar-refractivity contribution >= 4 is 34.7 Å². The molecule has 0 spiro atoms. The van der Waals surface area contributed by atoms with Crippen molar-refractivity contribution in [2.75, 3.05) is 24.0 Å². The summed E-state index contributed by atoms with van der Waals surface area (Å²) in [4.78, 5) is 22.1. The smallest absolute Gasteiger partial charge is 0.260 e. The second kappa shape index (κ2) is 8.60. The summed E-state index contributed by atoms with van der Waals surface area (Å²) in [5, 5.41) is 0.404. The highest BCUT2D eigenvalue weighted by Crippen LogP contribution is 2.40. The number of carbonyl (C=O) groups excluding carboxylic acids is 1. The quantitative estimate of drug-likeness (QED) is 0.361. The van der Waals surface area contributed by atoms with Crippen molar-refractivity contribution < 1.29 is 9.53 Å². The van der Waals surface area contributed by atoms with Gasteiger partial charge in [-0.1, -0.05) is 48.0 Å². The van der Waals surface area contributed by atoms with Crippen LogP contribution in [0.4, 0.5) is 17.2 Å². The van der Waals surface area contributed by atoms with Crippen molar-refractivity contribution in [2.45, 2.75) is 6.54 Å². The van der Waals surface area contributed by atoms with Gasteiger partial charge in [0, 0.05) is 18.8 Å². The molecule has 2 heterocycles. The number of para-hydroxylation sites is 2. The summed E-state index contributed by atoms with van der Waals surface area (Å²) in [5.41, 5.74) is 5.03. The molecule has 0 N–H and O–H groups in total. The van der Waals surface area contributed by atoms with Gasteiger partial charge >= 0.3 is 0 Å². The molecule has 164 valence electrons. The van der Waals surface area contributed by atoms with Gasteiger partial charge < -0.3 is 14.5 Å². The van der Waals surface area contributed by atoms with Gasteiger partial charge in [0.25, 0.3) is 5.91 Å². The summed E-state index contributed by atoms with van der Waals surface area (Å²) in [5.74, 6) is 1.44.